The molecule has 19 heavy (non-hydrogen) atoms. The average Bonchev–Trinajstić information content (AvgIpc) is 2.75. The highest BCUT2D eigenvalue weighted by Gasteiger charge is 2.12. The SMILES string of the molecule is CC(C)Oc1ccnc(NC(C)c2nncn2C)n1. The van der Waals surface area contributed by atoms with E-state index in [0.29, 0.717) is 11.8 Å². The van der Waals surface area contributed by atoms with Gasteiger partial charge in [0.1, 0.15) is 6.33 Å². The molecule has 0 saturated heterocycles. The van der Waals surface area contributed by atoms with Gasteiger partial charge in [-0.1, -0.05) is 0 Å². The van der Waals surface area contributed by atoms with Gasteiger partial charge in [0.2, 0.25) is 11.8 Å². The van der Waals surface area contributed by atoms with Crippen LogP contribution in [0, 0.1) is 0 Å². The Balaban J connectivity index is 2.09. The molecule has 0 saturated carbocycles. The van der Waals surface area contributed by atoms with Crippen LogP contribution in [0.2, 0.25) is 0 Å². The van der Waals surface area contributed by atoms with E-state index < -0.39 is 0 Å². The minimum absolute atomic E-state index is 0.0400. The fourth-order valence-corrected chi connectivity index (χ4v) is 1.66. The van der Waals surface area contributed by atoms with Crippen molar-refractivity contribution in [2.24, 2.45) is 7.05 Å². The highest BCUT2D eigenvalue weighted by atomic mass is 16.5. The van der Waals surface area contributed by atoms with Gasteiger partial charge in [0.15, 0.2) is 5.82 Å². The van der Waals surface area contributed by atoms with Crippen LogP contribution in [0.4, 0.5) is 5.95 Å². The zero-order valence-electron chi connectivity index (χ0n) is 11.5. The fraction of sp³-hybridized carbons (Fsp3) is 0.500. The molecular weight excluding hydrogens is 244 g/mol. The van der Waals surface area contributed by atoms with Crippen LogP contribution in [0.15, 0.2) is 18.6 Å². The van der Waals surface area contributed by atoms with E-state index in [-0.39, 0.29) is 12.1 Å². The largest absolute Gasteiger partial charge is 0.475 e. The first-order chi connectivity index (χ1) is 9.06. The van der Waals surface area contributed by atoms with Crippen LogP contribution in [0.3, 0.4) is 0 Å². The minimum Gasteiger partial charge on any atom is -0.475 e. The number of aromatic nitrogens is 5. The summed E-state index contributed by atoms with van der Waals surface area (Å²) in [4.78, 5) is 8.46. The van der Waals surface area contributed by atoms with Crippen LogP contribution in [0.1, 0.15) is 32.6 Å². The van der Waals surface area contributed by atoms with Crippen molar-refractivity contribution in [2.45, 2.75) is 32.9 Å². The van der Waals surface area contributed by atoms with Crippen molar-refractivity contribution in [2.75, 3.05) is 5.32 Å². The van der Waals surface area contributed by atoms with Gasteiger partial charge in [-0.3, -0.25) is 0 Å². The highest BCUT2D eigenvalue weighted by Crippen LogP contribution is 2.16. The number of hydrogen-bond acceptors (Lipinski definition) is 6. The smallest absolute Gasteiger partial charge is 0.226 e. The van der Waals surface area contributed by atoms with E-state index in [4.69, 9.17) is 4.74 Å². The molecule has 0 bridgehead atoms. The maximum atomic E-state index is 5.53. The Morgan fingerprint density at radius 2 is 2.11 bits per heavy atom. The molecule has 0 aliphatic carbocycles. The Morgan fingerprint density at radius 1 is 1.32 bits per heavy atom. The molecule has 7 nitrogen and oxygen atoms in total. The molecule has 0 amide bonds. The Kier molecular flexibility index (Phi) is 3.94. The van der Waals surface area contributed by atoms with Crippen LogP contribution < -0.4 is 10.1 Å². The van der Waals surface area contributed by atoms with Gasteiger partial charge in [0.25, 0.3) is 0 Å². The predicted octanol–water partition coefficient (Wildman–Crippen LogP) is 1.57. The summed E-state index contributed by atoms with van der Waals surface area (Å²) in [6.45, 7) is 5.89. The van der Waals surface area contributed by atoms with Gasteiger partial charge in [-0.2, -0.15) is 4.98 Å². The second kappa shape index (κ2) is 5.64. The first-order valence-electron chi connectivity index (χ1n) is 6.16. The summed E-state index contributed by atoms with van der Waals surface area (Å²) in [6.07, 6.45) is 3.40. The second-order valence-corrected chi connectivity index (χ2v) is 4.55. The Hall–Kier alpha value is -2.18. The van der Waals surface area contributed by atoms with Crippen LogP contribution >= 0.6 is 0 Å². The van der Waals surface area contributed by atoms with Gasteiger partial charge in [-0.25, -0.2) is 4.98 Å². The van der Waals surface area contributed by atoms with Gasteiger partial charge < -0.3 is 14.6 Å². The normalized spacial score (nSPS) is 12.5. The quantitative estimate of drug-likeness (QED) is 0.881. The molecule has 0 fully saturated rings. The van der Waals surface area contributed by atoms with Gasteiger partial charge in [0, 0.05) is 19.3 Å². The molecular formula is C12H18N6O. The molecule has 0 spiro atoms. The van der Waals surface area contributed by atoms with E-state index in [1.807, 2.05) is 32.4 Å². The lowest BCUT2D eigenvalue weighted by Crippen LogP contribution is -2.14. The summed E-state index contributed by atoms with van der Waals surface area (Å²) in [5, 5.41) is 11.1. The van der Waals surface area contributed by atoms with Crippen LogP contribution in [0.25, 0.3) is 0 Å². The topological polar surface area (TPSA) is 77.8 Å². The molecule has 1 atom stereocenters. The average molecular weight is 262 g/mol. The third-order valence-corrected chi connectivity index (χ3v) is 2.47. The van der Waals surface area contributed by atoms with E-state index in [9.17, 15) is 0 Å². The van der Waals surface area contributed by atoms with Crippen LogP contribution in [-0.4, -0.2) is 30.8 Å². The van der Waals surface area contributed by atoms with E-state index in [1.165, 1.54) is 0 Å². The summed E-state index contributed by atoms with van der Waals surface area (Å²) in [5.41, 5.74) is 0. The molecule has 1 unspecified atom stereocenters. The van der Waals surface area contributed by atoms with Crippen molar-refractivity contribution in [1.82, 2.24) is 24.7 Å². The zero-order chi connectivity index (χ0) is 13.8. The van der Waals surface area contributed by atoms with Crippen LogP contribution in [0.5, 0.6) is 5.88 Å². The standard InChI is InChI=1S/C12H18N6O/c1-8(2)19-10-5-6-13-12(16-10)15-9(3)11-17-14-7-18(11)4/h5-9H,1-4H3,(H,13,15,16). The number of anilines is 1. The molecule has 2 heterocycles. The number of aryl methyl sites for hydroxylation is 1. The Bertz CT molecular complexity index is 539. The summed E-state index contributed by atoms with van der Waals surface area (Å²) in [5.74, 6) is 1.88. The lowest BCUT2D eigenvalue weighted by atomic mass is 10.3. The molecule has 2 aromatic heterocycles. The van der Waals surface area contributed by atoms with Crippen LogP contribution in [-0.2, 0) is 7.05 Å². The van der Waals surface area contributed by atoms with E-state index in [0.717, 1.165) is 5.82 Å². The second-order valence-electron chi connectivity index (χ2n) is 4.55. The molecule has 0 aliphatic rings. The zero-order valence-corrected chi connectivity index (χ0v) is 11.5. The van der Waals surface area contributed by atoms with Crippen molar-refractivity contribution < 1.29 is 4.74 Å². The van der Waals surface area contributed by atoms with Crippen molar-refractivity contribution in [3.63, 3.8) is 0 Å². The van der Waals surface area contributed by atoms with Gasteiger partial charge in [-0.15, -0.1) is 10.2 Å². The third kappa shape index (κ3) is 3.40. The van der Waals surface area contributed by atoms with Gasteiger partial charge in [0.05, 0.1) is 12.1 Å². The molecule has 2 aromatic rings. The monoisotopic (exact) mass is 262 g/mol. The predicted molar refractivity (Wildman–Crippen MR) is 70.8 cm³/mol. The number of ether oxygens (including phenoxy) is 1. The Morgan fingerprint density at radius 3 is 2.74 bits per heavy atom. The van der Waals surface area contributed by atoms with E-state index >= 15 is 0 Å². The number of rotatable bonds is 5. The maximum absolute atomic E-state index is 5.53. The summed E-state index contributed by atoms with van der Waals surface area (Å²) < 4.78 is 7.38. The molecule has 102 valence electrons. The van der Waals surface area contributed by atoms with E-state index in [1.54, 1.807) is 18.6 Å². The Labute approximate surface area is 112 Å². The molecule has 1 N–H and O–H groups in total. The summed E-state index contributed by atoms with van der Waals surface area (Å²) >= 11 is 0. The molecule has 0 aliphatic heterocycles. The summed E-state index contributed by atoms with van der Waals surface area (Å²) in [7, 11) is 1.90. The van der Waals surface area contributed by atoms with Crippen molar-refractivity contribution in [1.29, 1.82) is 0 Å². The lowest BCUT2D eigenvalue weighted by molar-refractivity contribution is 0.232. The fourth-order valence-electron chi connectivity index (χ4n) is 1.66. The van der Waals surface area contributed by atoms with Gasteiger partial charge >= 0.3 is 0 Å². The van der Waals surface area contributed by atoms with Crippen molar-refractivity contribution in [3.8, 4) is 5.88 Å². The lowest BCUT2D eigenvalue weighted by Gasteiger charge is -2.14. The number of nitrogens with one attached hydrogen (secondary N) is 1. The molecule has 0 radical (unpaired) electrons. The summed E-state index contributed by atoms with van der Waals surface area (Å²) in [6, 6.07) is 1.69. The van der Waals surface area contributed by atoms with Crippen molar-refractivity contribution >= 4 is 5.95 Å². The maximum Gasteiger partial charge on any atom is 0.226 e. The van der Waals surface area contributed by atoms with Crippen molar-refractivity contribution in [3.05, 3.63) is 24.4 Å². The minimum atomic E-state index is -0.0400. The first-order valence-corrected chi connectivity index (χ1v) is 6.16. The first kappa shape index (κ1) is 13.3. The number of hydrogen-bond donors (Lipinski definition) is 1. The third-order valence-electron chi connectivity index (χ3n) is 2.47. The molecule has 7 heteroatoms. The number of nitrogens with zero attached hydrogens (tertiary/aromatic N) is 5. The molecule has 0 aromatic carbocycles. The van der Waals surface area contributed by atoms with Gasteiger partial charge in [-0.05, 0) is 20.8 Å². The van der Waals surface area contributed by atoms with E-state index in [2.05, 4.69) is 25.5 Å². The molecule has 2 rings (SSSR count). The highest BCUT2D eigenvalue weighted by molar-refractivity contribution is 5.29.